The molecule has 0 radical (unpaired) electrons. The average molecular weight is 352 g/mol. The molecular weight excluding hydrogens is 332 g/mol. The van der Waals surface area contributed by atoms with Gasteiger partial charge >= 0.3 is 0 Å². The van der Waals surface area contributed by atoms with Crippen molar-refractivity contribution in [2.45, 2.75) is 25.8 Å². The van der Waals surface area contributed by atoms with Gasteiger partial charge in [0.05, 0.1) is 22.3 Å². The number of aromatic nitrogens is 5. The summed E-state index contributed by atoms with van der Waals surface area (Å²) in [7, 11) is 1.95. The van der Waals surface area contributed by atoms with Crippen molar-refractivity contribution in [2.24, 2.45) is 7.05 Å². The highest BCUT2D eigenvalue weighted by molar-refractivity contribution is 7.21. The molecule has 0 atom stereocenters. The minimum atomic E-state index is 0.524. The molecule has 1 saturated heterocycles. The van der Waals surface area contributed by atoms with E-state index in [9.17, 15) is 0 Å². The maximum Gasteiger partial charge on any atom is 0.146 e. The molecular formula is C18H20N6S. The van der Waals surface area contributed by atoms with Gasteiger partial charge in [0.1, 0.15) is 10.3 Å². The number of aryl methyl sites for hydroxylation is 2. The predicted molar refractivity (Wildman–Crippen MR) is 101 cm³/mol. The topological polar surface area (TPSA) is 60.6 Å². The van der Waals surface area contributed by atoms with Crippen LogP contribution in [0.1, 0.15) is 24.6 Å². The lowest BCUT2D eigenvalue weighted by molar-refractivity contribution is 0.345. The molecule has 1 aliphatic rings. The first-order valence-electron chi connectivity index (χ1n) is 8.68. The Morgan fingerprint density at radius 1 is 1.12 bits per heavy atom. The van der Waals surface area contributed by atoms with Crippen molar-refractivity contribution >= 4 is 32.5 Å². The fourth-order valence-corrected chi connectivity index (χ4v) is 4.63. The highest BCUT2D eigenvalue weighted by atomic mass is 32.1. The van der Waals surface area contributed by atoms with E-state index in [4.69, 9.17) is 10.1 Å². The average Bonchev–Trinajstić information content (AvgIpc) is 3.27. The minimum absolute atomic E-state index is 0.524. The Balaban J connectivity index is 1.53. The van der Waals surface area contributed by atoms with Gasteiger partial charge in [-0.25, -0.2) is 4.98 Å². The van der Waals surface area contributed by atoms with Gasteiger partial charge in [-0.2, -0.15) is 10.2 Å². The summed E-state index contributed by atoms with van der Waals surface area (Å²) < 4.78 is 4.01. The third-order valence-corrected chi connectivity index (χ3v) is 5.99. The van der Waals surface area contributed by atoms with Gasteiger partial charge in [0.15, 0.2) is 0 Å². The second-order valence-corrected chi connectivity index (χ2v) is 7.83. The fourth-order valence-electron chi connectivity index (χ4n) is 3.66. The number of piperidine rings is 1. The van der Waals surface area contributed by atoms with Crippen LogP contribution in [-0.2, 0) is 7.05 Å². The second kappa shape index (κ2) is 5.64. The molecule has 1 fully saturated rings. The van der Waals surface area contributed by atoms with Gasteiger partial charge in [0, 0.05) is 30.2 Å². The smallest absolute Gasteiger partial charge is 0.146 e. The van der Waals surface area contributed by atoms with E-state index in [-0.39, 0.29) is 0 Å². The molecule has 0 spiro atoms. The van der Waals surface area contributed by atoms with Gasteiger partial charge in [-0.1, -0.05) is 0 Å². The summed E-state index contributed by atoms with van der Waals surface area (Å²) in [6.07, 6.45) is 6.55. The van der Waals surface area contributed by atoms with E-state index < -0.39 is 0 Å². The first-order valence-corrected chi connectivity index (χ1v) is 9.50. The van der Waals surface area contributed by atoms with Crippen LogP contribution < -0.4 is 5.32 Å². The van der Waals surface area contributed by atoms with E-state index in [1.807, 2.05) is 24.9 Å². The molecule has 5 heterocycles. The maximum atomic E-state index is 4.83. The SMILES string of the molecule is Cc1nc(-c2cc3cn(C4CCNCC4)nc3s2)cc2cn(C)nc12. The van der Waals surface area contributed by atoms with Crippen LogP contribution in [0.4, 0.5) is 0 Å². The number of thiophene rings is 1. The van der Waals surface area contributed by atoms with Crippen molar-refractivity contribution in [3.63, 3.8) is 0 Å². The third kappa shape index (κ3) is 2.54. The summed E-state index contributed by atoms with van der Waals surface area (Å²) >= 11 is 1.72. The van der Waals surface area contributed by atoms with Crippen molar-refractivity contribution < 1.29 is 0 Å². The number of hydrogen-bond acceptors (Lipinski definition) is 5. The van der Waals surface area contributed by atoms with Crippen LogP contribution in [0, 0.1) is 6.92 Å². The molecule has 7 heteroatoms. The Morgan fingerprint density at radius 3 is 2.76 bits per heavy atom. The Hall–Kier alpha value is -2.25. The lowest BCUT2D eigenvalue weighted by Gasteiger charge is -2.22. The lowest BCUT2D eigenvalue weighted by atomic mass is 10.1. The maximum absolute atomic E-state index is 4.83. The van der Waals surface area contributed by atoms with Crippen LogP contribution in [-0.4, -0.2) is 37.6 Å². The highest BCUT2D eigenvalue weighted by Gasteiger charge is 2.18. The van der Waals surface area contributed by atoms with Gasteiger partial charge in [-0.15, -0.1) is 11.3 Å². The first kappa shape index (κ1) is 15.0. The quantitative estimate of drug-likeness (QED) is 0.601. The summed E-state index contributed by atoms with van der Waals surface area (Å²) in [4.78, 5) is 7.03. The van der Waals surface area contributed by atoms with Crippen LogP contribution in [0.3, 0.4) is 0 Å². The van der Waals surface area contributed by atoms with Crippen molar-refractivity contribution in [2.75, 3.05) is 13.1 Å². The fraction of sp³-hybridized carbons (Fsp3) is 0.389. The standard InChI is InChI=1S/C18H20N6S/c1-11-17-12(9-23(2)21-17)7-15(20-11)16-8-13-10-24(22-18(13)25-16)14-3-5-19-6-4-14/h7-10,14,19H,3-6H2,1-2H3. The van der Waals surface area contributed by atoms with Crippen LogP contribution in [0.5, 0.6) is 0 Å². The summed E-state index contributed by atoms with van der Waals surface area (Å²) in [5.74, 6) is 0. The Bertz CT molecular complexity index is 1030. The summed E-state index contributed by atoms with van der Waals surface area (Å²) in [5.41, 5.74) is 2.96. The van der Waals surface area contributed by atoms with Crippen molar-refractivity contribution in [1.29, 1.82) is 0 Å². The van der Waals surface area contributed by atoms with Crippen molar-refractivity contribution in [1.82, 2.24) is 29.9 Å². The zero-order valence-electron chi connectivity index (χ0n) is 14.4. The number of rotatable bonds is 2. The zero-order valence-corrected chi connectivity index (χ0v) is 15.2. The molecule has 128 valence electrons. The molecule has 0 unspecified atom stereocenters. The Labute approximate surface area is 149 Å². The molecule has 6 nitrogen and oxygen atoms in total. The molecule has 1 N–H and O–H groups in total. The zero-order chi connectivity index (χ0) is 17.0. The normalized spacial score (nSPS) is 16.2. The van der Waals surface area contributed by atoms with Crippen LogP contribution >= 0.6 is 11.3 Å². The summed E-state index contributed by atoms with van der Waals surface area (Å²) in [6.45, 7) is 4.19. The van der Waals surface area contributed by atoms with Crippen LogP contribution in [0.15, 0.2) is 24.5 Å². The number of fused-ring (bicyclic) bond motifs is 2. The Kier molecular flexibility index (Phi) is 3.39. The molecule has 0 bridgehead atoms. The molecule has 4 aromatic rings. The van der Waals surface area contributed by atoms with Gasteiger partial charge in [0.2, 0.25) is 0 Å². The van der Waals surface area contributed by atoms with Gasteiger partial charge in [-0.05, 0) is 45.0 Å². The molecule has 0 aliphatic carbocycles. The van der Waals surface area contributed by atoms with E-state index in [1.165, 1.54) is 10.3 Å². The molecule has 4 aromatic heterocycles. The van der Waals surface area contributed by atoms with Gasteiger partial charge in [0.25, 0.3) is 0 Å². The van der Waals surface area contributed by atoms with E-state index >= 15 is 0 Å². The molecule has 25 heavy (non-hydrogen) atoms. The van der Waals surface area contributed by atoms with Crippen molar-refractivity contribution in [3.8, 4) is 10.6 Å². The first-order chi connectivity index (χ1) is 12.2. The molecule has 1 aliphatic heterocycles. The minimum Gasteiger partial charge on any atom is -0.317 e. The van der Waals surface area contributed by atoms with Gasteiger partial charge in [-0.3, -0.25) is 9.36 Å². The van der Waals surface area contributed by atoms with E-state index in [1.54, 1.807) is 11.3 Å². The predicted octanol–water partition coefficient (Wildman–Crippen LogP) is 3.28. The molecule has 0 aromatic carbocycles. The van der Waals surface area contributed by atoms with E-state index in [0.717, 1.165) is 53.1 Å². The third-order valence-electron chi connectivity index (χ3n) is 4.93. The number of nitrogens with zero attached hydrogens (tertiary/aromatic N) is 5. The van der Waals surface area contributed by atoms with Gasteiger partial charge < -0.3 is 5.32 Å². The van der Waals surface area contributed by atoms with E-state index in [0.29, 0.717) is 6.04 Å². The Morgan fingerprint density at radius 2 is 1.96 bits per heavy atom. The molecule has 5 rings (SSSR count). The molecule has 0 saturated carbocycles. The van der Waals surface area contributed by atoms with Crippen molar-refractivity contribution in [3.05, 3.63) is 30.2 Å². The van der Waals surface area contributed by atoms with Crippen LogP contribution in [0.2, 0.25) is 0 Å². The highest BCUT2D eigenvalue weighted by Crippen LogP contribution is 2.34. The summed E-state index contributed by atoms with van der Waals surface area (Å²) in [5, 5.41) is 15.1. The van der Waals surface area contributed by atoms with Crippen LogP contribution in [0.25, 0.3) is 31.7 Å². The number of pyridine rings is 1. The number of nitrogens with one attached hydrogen (secondary N) is 1. The summed E-state index contributed by atoms with van der Waals surface area (Å²) in [6, 6.07) is 4.87. The van der Waals surface area contributed by atoms with E-state index in [2.05, 4.69) is 33.4 Å². The largest absolute Gasteiger partial charge is 0.317 e. The number of hydrogen-bond donors (Lipinski definition) is 1. The molecule has 0 amide bonds. The monoisotopic (exact) mass is 352 g/mol. The lowest BCUT2D eigenvalue weighted by Crippen LogP contribution is -2.29. The second-order valence-electron chi connectivity index (χ2n) is 6.79.